The molecule has 1 aliphatic heterocycles. The molecular weight excluding hydrogens is 434 g/mol. The molecule has 150 valence electrons. The van der Waals surface area contributed by atoms with Crippen LogP contribution >= 0.6 is 15.9 Å². The number of hydrogen-bond acceptors (Lipinski definition) is 5. The molecule has 2 rings (SSSR count). The second-order valence-corrected chi connectivity index (χ2v) is 9.93. The fourth-order valence-corrected chi connectivity index (χ4v) is 4.60. The van der Waals surface area contributed by atoms with Gasteiger partial charge in [0.15, 0.2) is 9.84 Å². The first-order chi connectivity index (χ1) is 12.8. The summed E-state index contributed by atoms with van der Waals surface area (Å²) in [6, 6.07) is 3.47. The molecule has 1 aliphatic rings. The molecule has 27 heavy (non-hydrogen) atoms. The third kappa shape index (κ3) is 7.21. The van der Waals surface area contributed by atoms with Gasteiger partial charge in [0, 0.05) is 23.8 Å². The van der Waals surface area contributed by atoms with Crippen molar-refractivity contribution < 1.29 is 18.0 Å². The van der Waals surface area contributed by atoms with Crippen LogP contribution in [-0.4, -0.2) is 54.7 Å². The van der Waals surface area contributed by atoms with Crippen LogP contribution in [0.2, 0.25) is 0 Å². The van der Waals surface area contributed by atoms with Crippen molar-refractivity contribution in [2.75, 3.05) is 29.9 Å². The van der Waals surface area contributed by atoms with Crippen LogP contribution in [0, 0.1) is 5.92 Å². The Morgan fingerprint density at radius 1 is 1.33 bits per heavy atom. The van der Waals surface area contributed by atoms with Crippen molar-refractivity contribution in [1.29, 1.82) is 0 Å². The third-order valence-corrected chi connectivity index (χ3v) is 6.59. The smallest absolute Gasteiger partial charge is 0.237 e. The molecule has 0 radical (unpaired) electrons. The van der Waals surface area contributed by atoms with Crippen molar-refractivity contribution in [3.05, 3.63) is 22.8 Å². The van der Waals surface area contributed by atoms with Crippen molar-refractivity contribution in [2.45, 2.75) is 39.0 Å². The minimum atomic E-state index is -3.40. The molecule has 0 aliphatic carbocycles. The molecule has 2 amide bonds. The highest BCUT2D eigenvalue weighted by Gasteiger charge is 2.30. The number of aromatic nitrogens is 1. The average Bonchev–Trinajstić information content (AvgIpc) is 2.63. The predicted molar refractivity (Wildman–Crippen MR) is 108 cm³/mol. The fraction of sp³-hybridized carbons (Fsp3) is 0.611. The van der Waals surface area contributed by atoms with Gasteiger partial charge >= 0.3 is 0 Å². The van der Waals surface area contributed by atoms with Crippen molar-refractivity contribution in [2.24, 2.45) is 5.92 Å². The summed E-state index contributed by atoms with van der Waals surface area (Å²) in [6.45, 7) is 2.73. The second kappa shape index (κ2) is 10.2. The van der Waals surface area contributed by atoms with Crippen LogP contribution in [0.4, 0.5) is 5.82 Å². The monoisotopic (exact) mass is 459 g/mol. The summed E-state index contributed by atoms with van der Waals surface area (Å²) in [5.41, 5.74) is 0. The molecule has 0 aromatic carbocycles. The molecule has 1 N–H and O–H groups in total. The van der Waals surface area contributed by atoms with Crippen LogP contribution in [0.25, 0.3) is 0 Å². The second-order valence-electron chi connectivity index (χ2n) is 6.83. The lowest BCUT2D eigenvalue weighted by Crippen LogP contribution is -2.46. The van der Waals surface area contributed by atoms with E-state index in [9.17, 15) is 18.0 Å². The van der Waals surface area contributed by atoms with E-state index in [0.717, 1.165) is 17.3 Å². The number of rotatable bonds is 8. The van der Waals surface area contributed by atoms with Crippen LogP contribution in [0.1, 0.15) is 39.0 Å². The first-order valence-corrected chi connectivity index (χ1v) is 11.8. The number of sulfone groups is 1. The Kier molecular flexibility index (Phi) is 8.22. The maximum Gasteiger partial charge on any atom is 0.237 e. The highest BCUT2D eigenvalue weighted by Crippen LogP contribution is 2.19. The topological polar surface area (TPSA) is 96.4 Å². The summed E-state index contributed by atoms with van der Waals surface area (Å²) in [4.78, 5) is 30.5. The van der Waals surface area contributed by atoms with E-state index in [0.29, 0.717) is 31.6 Å². The van der Waals surface area contributed by atoms with Crippen LogP contribution in [-0.2, 0) is 19.4 Å². The van der Waals surface area contributed by atoms with E-state index >= 15 is 0 Å². The lowest BCUT2D eigenvalue weighted by Gasteiger charge is -2.32. The number of amides is 2. The van der Waals surface area contributed by atoms with Gasteiger partial charge in [-0.05, 0) is 47.3 Å². The normalized spacial score (nSPS) is 17.6. The van der Waals surface area contributed by atoms with Crippen molar-refractivity contribution in [3.8, 4) is 0 Å². The van der Waals surface area contributed by atoms with Gasteiger partial charge in [-0.15, -0.1) is 0 Å². The van der Waals surface area contributed by atoms with E-state index in [2.05, 4.69) is 26.2 Å². The molecule has 0 saturated carbocycles. The molecule has 1 aromatic heterocycles. The summed E-state index contributed by atoms with van der Waals surface area (Å²) >= 11 is 3.29. The van der Waals surface area contributed by atoms with Gasteiger partial charge in [-0.25, -0.2) is 13.4 Å². The van der Waals surface area contributed by atoms with E-state index in [-0.39, 0.29) is 24.1 Å². The Balaban J connectivity index is 1.89. The number of pyridine rings is 1. The van der Waals surface area contributed by atoms with Gasteiger partial charge in [-0.1, -0.05) is 19.8 Å². The largest absolute Gasteiger partial charge is 0.341 e. The maximum absolute atomic E-state index is 12.5. The quantitative estimate of drug-likeness (QED) is 0.602. The molecule has 7 nitrogen and oxygen atoms in total. The SMILES string of the molecule is CCCCCS(=O)(=O)CC(=O)N1CCCC(C(=O)Nc2ccc(Br)cn2)C1. The lowest BCUT2D eigenvalue weighted by atomic mass is 9.97. The molecule has 1 saturated heterocycles. The van der Waals surface area contributed by atoms with Gasteiger partial charge in [0.1, 0.15) is 11.6 Å². The van der Waals surface area contributed by atoms with Crippen molar-refractivity contribution >= 4 is 43.4 Å². The molecule has 0 bridgehead atoms. The Morgan fingerprint density at radius 3 is 2.78 bits per heavy atom. The Bertz CT molecular complexity index is 752. The van der Waals surface area contributed by atoms with E-state index < -0.39 is 21.5 Å². The Hall–Kier alpha value is -1.48. The number of carbonyl (C=O) groups excluding carboxylic acids is 2. The standard InChI is InChI=1S/C18H26BrN3O4S/c1-2-3-4-10-27(25,26)13-17(23)22-9-5-6-14(12-22)18(24)21-16-8-7-15(19)11-20-16/h7-8,11,14H,2-6,9-10,12-13H2,1H3,(H,20,21,24). The minimum Gasteiger partial charge on any atom is -0.341 e. The number of halogens is 1. The van der Waals surface area contributed by atoms with Crippen LogP contribution in [0.5, 0.6) is 0 Å². The van der Waals surface area contributed by atoms with E-state index in [1.165, 1.54) is 4.90 Å². The van der Waals surface area contributed by atoms with Gasteiger partial charge in [0.25, 0.3) is 0 Å². The summed E-state index contributed by atoms with van der Waals surface area (Å²) in [7, 11) is -3.40. The molecule has 1 fully saturated rings. The number of carbonyl (C=O) groups is 2. The highest BCUT2D eigenvalue weighted by molar-refractivity contribution is 9.10. The summed E-state index contributed by atoms with van der Waals surface area (Å²) in [5.74, 6) is -0.959. The molecule has 0 spiro atoms. The number of likely N-dealkylation sites (tertiary alicyclic amines) is 1. The molecule has 1 atom stereocenters. The molecular formula is C18H26BrN3O4S. The molecule has 2 heterocycles. The van der Waals surface area contributed by atoms with Gasteiger partial charge < -0.3 is 10.2 Å². The zero-order chi connectivity index (χ0) is 19.9. The van der Waals surface area contributed by atoms with Gasteiger partial charge in [-0.2, -0.15) is 0 Å². The van der Waals surface area contributed by atoms with Crippen molar-refractivity contribution in [3.63, 3.8) is 0 Å². The third-order valence-electron chi connectivity index (χ3n) is 4.53. The number of nitrogens with one attached hydrogen (secondary N) is 1. The zero-order valence-corrected chi connectivity index (χ0v) is 17.9. The van der Waals surface area contributed by atoms with E-state index in [1.54, 1.807) is 18.3 Å². The van der Waals surface area contributed by atoms with Crippen molar-refractivity contribution in [1.82, 2.24) is 9.88 Å². The number of hydrogen-bond donors (Lipinski definition) is 1. The predicted octanol–water partition coefficient (Wildman–Crippen LogP) is 2.63. The van der Waals surface area contributed by atoms with Crippen LogP contribution in [0.3, 0.4) is 0 Å². The first kappa shape index (κ1) is 21.8. The van der Waals surface area contributed by atoms with Gasteiger partial charge in [-0.3, -0.25) is 9.59 Å². The van der Waals surface area contributed by atoms with Gasteiger partial charge in [0.05, 0.1) is 11.7 Å². The fourth-order valence-electron chi connectivity index (χ4n) is 3.02. The first-order valence-electron chi connectivity index (χ1n) is 9.21. The summed E-state index contributed by atoms with van der Waals surface area (Å²) < 4.78 is 25.0. The molecule has 1 unspecified atom stereocenters. The number of unbranched alkanes of at least 4 members (excludes halogenated alkanes) is 2. The van der Waals surface area contributed by atoms with E-state index in [1.807, 2.05) is 6.92 Å². The minimum absolute atomic E-state index is 0.0412. The average molecular weight is 460 g/mol. The maximum atomic E-state index is 12.5. The molecule has 9 heteroatoms. The van der Waals surface area contributed by atoms with Crippen LogP contribution < -0.4 is 5.32 Å². The summed E-state index contributed by atoms with van der Waals surface area (Å²) in [6.07, 6.45) is 5.28. The number of piperidine rings is 1. The summed E-state index contributed by atoms with van der Waals surface area (Å²) in [5, 5.41) is 2.75. The van der Waals surface area contributed by atoms with Gasteiger partial charge in [0.2, 0.25) is 11.8 Å². The van der Waals surface area contributed by atoms with Crippen LogP contribution in [0.15, 0.2) is 22.8 Å². The highest BCUT2D eigenvalue weighted by atomic mass is 79.9. The Labute approximate surface area is 169 Å². The zero-order valence-electron chi connectivity index (χ0n) is 15.5. The Morgan fingerprint density at radius 2 is 2.11 bits per heavy atom. The lowest BCUT2D eigenvalue weighted by molar-refractivity contribution is -0.132. The number of anilines is 1. The number of nitrogens with zero attached hydrogens (tertiary/aromatic N) is 2. The molecule has 1 aromatic rings. The van der Waals surface area contributed by atoms with E-state index in [4.69, 9.17) is 0 Å².